The summed E-state index contributed by atoms with van der Waals surface area (Å²) < 4.78 is 48.6. The maximum Gasteiger partial charge on any atom is 0.420 e. The fourth-order valence-electron chi connectivity index (χ4n) is 3.94. The molecule has 11 heteroatoms. The molecule has 0 aliphatic carbocycles. The Labute approximate surface area is 229 Å². The number of halogens is 2. The number of carbonyl (C=O) groups is 2. The molecule has 0 saturated carbocycles. The van der Waals surface area contributed by atoms with E-state index in [1.54, 1.807) is 47.0 Å². The number of rotatable bonds is 6. The van der Waals surface area contributed by atoms with Crippen LogP contribution in [0.4, 0.5) is 13.6 Å². The molecule has 0 amide bonds. The van der Waals surface area contributed by atoms with Crippen molar-refractivity contribution < 1.29 is 32.6 Å². The summed E-state index contributed by atoms with van der Waals surface area (Å²) in [6.45, 7) is 6.39. The van der Waals surface area contributed by atoms with E-state index < -0.39 is 34.7 Å². The third-order valence-electron chi connectivity index (χ3n) is 5.86. The zero-order valence-electron chi connectivity index (χ0n) is 22.9. The van der Waals surface area contributed by atoms with Gasteiger partial charge >= 0.3 is 6.09 Å². The molecule has 1 atom stereocenters. The van der Waals surface area contributed by atoms with Crippen LogP contribution in [0.2, 0.25) is 0 Å². The maximum atomic E-state index is 16.0. The zero-order chi connectivity index (χ0) is 29.2. The second-order valence-electron chi connectivity index (χ2n) is 10.2. The van der Waals surface area contributed by atoms with E-state index in [0.29, 0.717) is 11.1 Å². The topological polar surface area (TPSA) is 97.5 Å². The number of hydrogen-bond donors (Lipinski definition) is 0. The molecule has 4 rings (SSSR count). The molecule has 3 aromatic heterocycles. The van der Waals surface area contributed by atoms with Gasteiger partial charge < -0.3 is 14.2 Å². The average Bonchev–Trinajstić information content (AvgIpc) is 3.49. The Morgan fingerprint density at radius 1 is 1.10 bits per heavy atom. The zero-order valence-corrected chi connectivity index (χ0v) is 22.9. The van der Waals surface area contributed by atoms with Crippen LogP contribution in [-0.4, -0.2) is 50.7 Å². The number of carbonyl (C=O) groups excluding carboxylic acids is 2. The number of Topliss-reactive ketones (excluding diaryl/α,β-unsaturated/α-hetero) is 1. The first-order valence-corrected chi connectivity index (χ1v) is 12.2. The van der Waals surface area contributed by atoms with E-state index in [4.69, 9.17) is 14.2 Å². The summed E-state index contributed by atoms with van der Waals surface area (Å²) in [6.07, 6.45) is 4.60. The first-order chi connectivity index (χ1) is 18.8. The average molecular weight is 551 g/mol. The van der Waals surface area contributed by atoms with E-state index >= 15 is 4.39 Å². The second-order valence-corrected chi connectivity index (χ2v) is 10.2. The molecule has 40 heavy (non-hydrogen) atoms. The molecule has 0 aliphatic heterocycles. The minimum atomic E-state index is -1.45. The van der Waals surface area contributed by atoms with Gasteiger partial charge in [-0.3, -0.25) is 9.48 Å². The highest BCUT2D eigenvalue weighted by atomic mass is 19.1. The molecule has 1 unspecified atom stereocenters. The highest BCUT2D eigenvalue weighted by molar-refractivity contribution is 6.17. The predicted octanol–water partition coefficient (Wildman–Crippen LogP) is 5.22. The van der Waals surface area contributed by atoms with Crippen LogP contribution in [-0.2, 0) is 26.9 Å². The molecule has 0 radical (unpaired) electrons. The first kappa shape index (κ1) is 28.6. The van der Waals surface area contributed by atoms with Crippen LogP contribution in [0.3, 0.4) is 0 Å². The van der Waals surface area contributed by atoms with Crippen molar-refractivity contribution in [3.8, 4) is 23.0 Å². The minimum absolute atomic E-state index is 0.0811. The van der Waals surface area contributed by atoms with Gasteiger partial charge in [0.2, 0.25) is 5.78 Å². The molecule has 0 aliphatic rings. The van der Waals surface area contributed by atoms with Crippen LogP contribution in [0.15, 0.2) is 49.1 Å². The standard InChI is InChI=1S/C29H28F2N4O5/c1-28(2,3)40-27(37)35-16-22(24-25(31)21(14-32-26(24)35)18-13-33-34(5)15-18)23(36)10-11-29(4,39-17-38-6)19-8-7-9-20(30)12-19/h7-9,12-16H,17H2,1-6H3. The number of fused-ring (bicyclic) bond motifs is 1. The van der Waals surface area contributed by atoms with Crippen molar-refractivity contribution in [2.24, 2.45) is 7.05 Å². The van der Waals surface area contributed by atoms with Gasteiger partial charge in [-0.25, -0.2) is 23.1 Å². The summed E-state index contributed by atoms with van der Waals surface area (Å²) in [4.78, 5) is 30.8. The Balaban J connectivity index is 1.87. The minimum Gasteiger partial charge on any atom is -0.443 e. The molecule has 4 aromatic rings. The van der Waals surface area contributed by atoms with Gasteiger partial charge in [-0.2, -0.15) is 5.10 Å². The van der Waals surface area contributed by atoms with Crippen molar-refractivity contribution in [1.82, 2.24) is 19.3 Å². The summed E-state index contributed by atoms with van der Waals surface area (Å²) in [5, 5.41) is 3.85. The van der Waals surface area contributed by atoms with Gasteiger partial charge in [-0.1, -0.05) is 18.1 Å². The molecule has 0 spiro atoms. The molecule has 0 saturated heterocycles. The lowest BCUT2D eigenvalue weighted by molar-refractivity contribution is -0.0991. The van der Waals surface area contributed by atoms with Crippen molar-refractivity contribution in [3.63, 3.8) is 0 Å². The SMILES string of the molecule is COCOC(C)(C#CC(=O)c1cn(C(=O)OC(C)(C)C)c2ncc(-c3cnn(C)c3)c(F)c12)c1cccc(F)c1. The molecular weight excluding hydrogens is 522 g/mol. The number of benzene rings is 1. The molecule has 3 heterocycles. The van der Waals surface area contributed by atoms with Crippen molar-refractivity contribution in [3.05, 3.63) is 71.8 Å². The van der Waals surface area contributed by atoms with Gasteiger partial charge in [0.15, 0.2) is 11.2 Å². The summed E-state index contributed by atoms with van der Waals surface area (Å²) in [5.74, 6) is 3.09. The van der Waals surface area contributed by atoms with Gasteiger partial charge in [-0.05, 0) is 51.3 Å². The van der Waals surface area contributed by atoms with Crippen molar-refractivity contribution >= 4 is 22.9 Å². The number of pyridine rings is 1. The molecule has 0 bridgehead atoms. The second kappa shape index (κ2) is 11.0. The number of methoxy groups -OCH3 is 1. The number of hydrogen-bond acceptors (Lipinski definition) is 7. The fourth-order valence-corrected chi connectivity index (χ4v) is 3.94. The summed E-state index contributed by atoms with van der Waals surface area (Å²) >= 11 is 0. The normalized spacial score (nSPS) is 13.0. The molecule has 1 aromatic carbocycles. The number of ether oxygens (including phenoxy) is 3. The van der Waals surface area contributed by atoms with Gasteiger partial charge in [0.1, 0.15) is 24.0 Å². The molecular formula is C29H28F2N4O5. The van der Waals surface area contributed by atoms with Crippen LogP contribution < -0.4 is 0 Å². The number of nitrogens with zero attached hydrogens (tertiary/aromatic N) is 4. The number of aromatic nitrogens is 4. The van der Waals surface area contributed by atoms with Gasteiger partial charge in [-0.15, -0.1) is 0 Å². The Kier molecular flexibility index (Phi) is 7.86. The van der Waals surface area contributed by atoms with E-state index in [1.807, 2.05) is 0 Å². The lowest BCUT2D eigenvalue weighted by Crippen LogP contribution is -2.27. The van der Waals surface area contributed by atoms with E-state index in [2.05, 4.69) is 21.9 Å². The Hall–Kier alpha value is -4.40. The maximum absolute atomic E-state index is 16.0. The molecule has 0 N–H and O–H groups in total. The summed E-state index contributed by atoms with van der Waals surface area (Å²) in [7, 11) is 3.09. The molecule has 9 nitrogen and oxygen atoms in total. The van der Waals surface area contributed by atoms with Crippen molar-refractivity contribution in [1.29, 1.82) is 0 Å². The van der Waals surface area contributed by atoms with Crippen LogP contribution in [0.5, 0.6) is 0 Å². The van der Waals surface area contributed by atoms with E-state index in [1.165, 1.54) is 42.4 Å². The van der Waals surface area contributed by atoms with Crippen LogP contribution in [0, 0.1) is 23.5 Å². The lowest BCUT2D eigenvalue weighted by Gasteiger charge is -2.24. The monoisotopic (exact) mass is 550 g/mol. The van der Waals surface area contributed by atoms with Gasteiger partial charge in [0.05, 0.1) is 17.1 Å². The fraction of sp³-hybridized carbons (Fsp3) is 0.310. The highest BCUT2D eigenvalue weighted by Gasteiger charge is 2.29. The lowest BCUT2D eigenvalue weighted by atomic mass is 9.95. The van der Waals surface area contributed by atoms with Crippen LogP contribution in [0.1, 0.15) is 43.6 Å². The molecule has 0 fully saturated rings. The van der Waals surface area contributed by atoms with E-state index in [0.717, 1.165) is 10.8 Å². The van der Waals surface area contributed by atoms with E-state index in [-0.39, 0.29) is 29.0 Å². The van der Waals surface area contributed by atoms with Crippen molar-refractivity contribution in [2.75, 3.05) is 13.9 Å². The van der Waals surface area contributed by atoms with Crippen LogP contribution >= 0.6 is 0 Å². The Morgan fingerprint density at radius 2 is 1.85 bits per heavy atom. The first-order valence-electron chi connectivity index (χ1n) is 12.2. The summed E-state index contributed by atoms with van der Waals surface area (Å²) in [5.41, 5.74) is -1.79. The van der Waals surface area contributed by atoms with Gasteiger partial charge in [0, 0.05) is 43.9 Å². The van der Waals surface area contributed by atoms with Crippen LogP contribution in [0.25, 0.3) is 22.2 Å². The quantitative estimate of drug-likeness (QED) is 0.141. The number of aryl methyl sites for hydroxylation is 1. The third-order valence-corrected chi connectivity index (χ3v) is 5.86. The third kappa shape index (κ3) is 5.93. The van der Waals surface area contributed by atoms with Crippen molar-refractivity contribution in [2.45, 2.75) is 38.9 Å². The smallest absolute Gasteiger partial charge is 0.420 e. The predicted molar refractivity (Wildman–Crippen MR) is 142 cm³/mol. The molecule has 208 valence electrons. The number of ketones is 1. The van der Waals surface area contributed by atoms with E-state index in [9.17, 15) is 14.0 Å². The van der Waals surface area contributed by atoms with Gasteiger partial charge in [0.25, 0.3) is 0 Å². The highest BCUT2D eigenvalue weighted by Crippen LogP contribution is 2.32. The Bertz CT molecular complexity index is 1660. The Morgan fingerprint density at radius 3 is 2.48 bits per heavy atom. The largest absolute Gasteiger partial charge is 0.443 e. The summed E-state index contributed by atoms with van der Waals surface area (Å²) in [6, 6.07) is 5.57.